The third-order valence-electron chi connectivity index (χ3n) is 1.84. The molecule has 0 aliphatic carbocycles. The number of nitrogens with zero attached hydrogens (tertiary/aromatic N) is 1. The van der Waals surface area contributed by atoms with Crippen molar-refractivity contribution in [3.8, 4) is 6.07 Å². The molecule has 0 aromatic heterocycles. The van der Waals surface area contributed by atoms with E-state index in [9.17, 15) is 0 Å². The van der Waals surface area contributed by atoms with Gasteiger partial charge in [-0.3, -0.25) is 0 Å². The molecular weight excluding hydrogens is 148 g/mol. The average Bonchev–Trinajstić information content (AvgIpc) is 1.89. The van der Waals surface area contributed by atoms with Crippen LogP contribution in [0.4, 0.5) is 0 Å². The largest absolute Gasteiger partial charge is 0.324 e. The van der Waals surface area contributed by atoms with Crippen molar-refractivity contribution < 1.29 is 0 Å². The predicted octanol–water partition coefficient (Wildman–Crippen LogP) is 1.84. The number of halogens is 1. The fraction of sp³-hybridized carbons (Fsp3) is 0.857. The first-order valence-corrected chi connectivity index (χ1v) is 3.34. The smallest absolute Gasteiger partial charge is 0.0641 e. The summed E-state index contributed by atoms with van der Waals surface area (Å²) in [6.07, 6.45) is 2.24. The van der Waals surface area contributed by atoms with Gasteiger partial charge >= 0.3 is 0 Å². The van der Waals surface area contributed by atoms with E-state index >= 15 is 0 Å². The average molecular weight is 163 g/mol. The molecule has 3 heteroatoms. The topological polar surface area (TPSA) is 49.8 Å². The van der Waals surface area contributed by atoms with Gasteiger partial charge in [-0.15, -0.1) is 12.4 Å². The van der Waals surface area contributed by atoms with Gasteiger partial charge < -0.3 is 5.73 Å². The van der Waals surface area contributed by atoms with Gasteiger partial charge in [0.2, 0.25) is 0 Å². The molecule has 0 aromatic rings. The lowest BCUT2D eigenvalue weighted by atomic mass is 9.91. The van der Waals surface area contributed by atoms with Crippen LogP contribution in [0.3, 0.4) is 0 Å². The normalized spacial score (nSPS) is 9.80. The molecule has 0 rings (SSSR count). The quantitative estimate of drug-likeness (QED) is 0.689. The van der Waals surface area contributed by atoms with Crippen LogP contribution >= 0.6 is 12.4 Å². The van der Waals surface area contributed by atoms with E-state index in [1.54, 1.807) is 0 Å². The van der Waals surface area contributed by atoms with Gasteiger partial charge in [-0.05, 0) is 12.8 Å². The van der Waals surface area contributed by atoms with E-state index in [0.29, 0.717) is 6.42 Å². The number of hydrogen-bond donors (Lipinski definition) is 1. The van der Waals surface area contributed by atoms with Gasteiger partial charge in [-0.25, -0.2) is 0 Å². The predicted molar refractivity (Wildman–Crippen MR) is 45.0 cm³/mol. The molecule has 2 nitrogen and oxygen atoms in total. The molecule has 0 aliphatic rings. The summed E-state index contributed by atoms with van der Waals surface area (Å²) in [4.78, 5) is 0. The molecule has 60 valence electrons. The van der Waals surface area contributed by atoms with E-state index in [1.807, 2.05) is 13.8 Å². The summed E-state index contributed by atoms with van der Waals surface area (Å²) in [5.74, 6) is 0. The lowest BCUT2D eigenvalue weighted by Gasteiger charge is -2.22. The first-order valence-electron chi connectivity index (χ1n) is 3.34. The van der Waals surface area contributed by atoms with Gasteiger partial charge in [0, 0.05) is 5.54 Å². The molecule has 2 N–H and O–H groups in total. The van der Waals surface area contributed by atoms with Gasteiger partial charge in [0.05, 0.1) is 12.5 Å². The first kappa shape index (κ1) is 12.4. The first-order chi connectivity index (χ1) is 4.18. The van der Waals surface area contributed by atoms with Crippen LogP contribution in [0.15, 0.2) is 0 Å². The fourth-order valence-corrected chi connectivity index (χ4v) is 0.657. The Bertz CT molecular complexity index is 113. The Labute approximate surface area is 68.8 Å². The molecule has 0 amide bonds. The van der Waals surface area contributed by atoms with Crippen LogP contribution in [-0.4, -0.2) is 5.54 Å². The lowest BCUT2D eigenvalue weighted by Crippen LogP contribution is -2.37. The molecule has 0 heterocycles. The van der Waals surface area contributed by atoms with E-state index in [4.69, 9.17) is 11.0 Å². The van der Waals surface area contributed by atoms with Gasteiger partial charge in [0.25, 0.3) is 0 Å². The molecule has 10 heavy (non-hydrogen) atoms. The standard InChI is InChI=1S/C7H14N2.ClH/c1-3-7(9,4-2)5-6-8;/h3-5,9H2,1-2H3;1H. The zero-order valence-corrected chi connectivity index (χ0v) is 7.37. The number of rotatable bonds is 3. The molecule has 0 fully saturated rings. The zero-order chi connectivity index (χ0) is 7.33. The number of hydrogen-bond acceptors (Lipinski definition) is 2. The van der Waals surface area contributed by atoms with Crippen molar-refractivity contribution in [2.24, 2.45) is 5.73 Å². The number of nitriles is 1. The van der Waals surface area contributed by atoms with Crippen molar-refractivity contribution in [3.05, 3.63) is 0 Å². The van der Waals surface area contributed by atoms with Crippen LogP contribution in [-0.2, 0) is 0 Å². The molecule has 0 bridgehead atoms. The summed E-state index contributed by atoms with van der Waals surface area (Å²) in [5.41, 5.74) is 5.56. The molecular formula is C7H15ClN2. The highest BCUT2D eigenvalue weighted by molar-refractivity contribution is 5.85. The molecule has 0 unspecified atom stereocenters. The van der Waals surface area contributed by atoms with E-state index in [2.05, 4.69) is 6.07 Å². The van der Waals surface area contributed by atoms with Gasteiger partial charge in [0.1, 0.15) is 0 Å². The second-order valence-corrected chi connectivity index (χ2v) is 2.40. The zero-order valence-electron chi connectivity index (χ0n) is 6.55. The van der Waals surface area contributed by atoms with Crippen LogP contribution in [0.2, 0.25) is 0 Å². The fourth-order valence-electron chi connectivity index (χ4n) is 0.657. The summed E-state index contributed by atoms with van der Waals surface area (Å²) >= 11 is 0. The van der Waals surface area contributed by atoms with E-state index < -0.39 is 0 Å². The highest BCUT2D eigenvalue weighted by atomic mass is 35.5. The Balaban J connectivity index is 0. The third-order valence-corrected chi connectivity index (χ3v) is 1.84. The van der Waals surface area contributed by atoms with E-state index in [1.165, 1.54) is 0 Å². The Morgan fingerprint density at radius 2 is 1.80 bits per heavy atom. The SMILES string of the molecule is CCC(N)(CC)CC#N.Cl. The molecule has 0 aromatic carbocycles. The maximum Gasteiger partial charge on any atom is 0.0641 e. The summed E-state index contributed by atoms with van der Waals surface area (Å²) in [5, 5.41) is 8.33. The second kappa shape index (κ2) is 5.52. The Morgan fingerprint density at radius 1 is 1.40 bits per heavy atom. The van der Waals surface area contributed by atoms with Crippen molar-refractivity contribution in [2.75, 3.05) is 0 Å². The summed E-state index contributed by atoms with van der Waals surface area (Å²) < 4.78 is 0. The second-order valence-electron chi connectivity index (χ2n) is 2.40. The molecule has 0 radical (unpaired) electrons. The van der Waals surface area contributed by atoms with Crippen molar-refractivity contribution in [2.45, 2.75) is 38.6 Å². The van der Waals surface area contributed by atoms with Gasteiger partial charge in [-0.2, -0.15) is 5.26 Å². The van der Waals surface area contributed by atoms with E-state index in [0.717, 1.165) is 12.8 Å². The summed E-state index contributed by atoms with van der Waals surface area (Å²) in [6.45, 7) is 4.03. The minimum absolute atomic E-state index is 0. The minimum atomic E-state index is -0.227. The Kier molecular flexibility index (Phi) is 6.85. The maximum atomic E-state index is 8.33. The van der Waals surface area contributed by atoms with Crippen LogP contribution in [0.25, 0.3) is 0 Å². The lowest BCUT2D eigenvalue weighted by molar-refractivity contribution is 0.404. The molecule has 0 spiro atoms. The van der Waals surface area contributed by atoms with Crippen LogP contribution in [0.1, 0.15) is 33.1 Å². The number of nitrogens with two attached hydrogens (primary N) is 1. The summed E-state index contributed by atoms with van der Waals surface area (Å²) in [6, 6.07) is 2.09. The highest BCUT2D eigenvalue weighted by Gasteiger charge is 2.18. The van der Waals surface area contributed by atoms with Crippen molar-refractivity contribution in [3.63, 3.8) is 0 Å². The molecule has 0 atom stereocenters. The third kappa shape index (κ3) is 3.71. The Hall–Kier alpha value is -0.260. The monoisotopic (exact) mass is 162 g/mol. The van der Waals surface area contributed by atoms with Crippen LogP contribution in [0, 0.1) is 11.3 Å². The van der Waals surface area contributed by atoms with Gasteiger partial charge in [0.15, 0.2) is 0 Å². The van der Waals surface area contributed by atoms with E-state index in [-0.39, 0.29) is 17.9 Å². The minimum Gasteiger partial charge on any atom is -0.324 e. The van der Waals surface area contributed by atoms with Gasteiger partial charge in [-0.1, -0.05) is 13.8 Å². The molecule has 0 saturated carbocycles. The van der Waals surface area contributed by atoms with Crippen molar-refractivity contribution in [1.29, 1.82) is 5.26 Å². The van der Waals surface area contributed by atoms with Crippen LogP contribution in [0.5, 0.6) is 0 Å². The van der Waals surface area contributed by atoms with Crippen LogP contribution < -0.4 is 5.73 Å². The maximum absolute atomic E-state index is 8.33. The van der Waals surface area contributed by atoms with Crippen molar-refractivity contribution >= 4 is 12.4 Å². The molecule has 0 saturated heterocycles. The molecule has 0 aliphatic heterocycles. The Morgan fingerprint density at radius 3 is 1.90 bits per heavy atom. The highest BCUT2D eigenvalue weighted by Crippen LogP contribution is 2.14. The summed E-state index contributed by atoms with van der Waals surface area (Å²) in [7, 11) is 0. The van der Waals surface area contributed by atoms with Crippen molar-refractivity contribution in [1.82, 2.24) is 0 Å².